The first kappa shape index (κ1) is 22.4. The molecule has 0 spiro atoms. The lowest BCUT2D eigenvalue weighted by atomic mass is 9.94. The molecule has 1 saturated heterocycles. The molecule has 0 radical (unpaired) electrons. The third kappa shape index (κ3) is 6.31. The molecule has 3 rings (SSSR count). The summed E-state index contributed by atoms with van der Waals surface area (Å²) < 4.78 is 14.2. The van der Waals surface area contributed by atoms with Crippen molar-refractivity contribution < 1.29 is 4.39 Å². The van der Waals surface area contributed by atoms with Crippen molar-refractivity contribution in [3.8, 4) is 0 Å². The van der Waals surface area contributed by atoms with Crippen molar-refractivity contribution in [2.24, 2.45) is 10.9 Å². The SMILES string of the molecule is CCNC(=NCC1(c2ccccc2F)CC1)NCCC1CCN(C)CC1.I. The van der Waals surface area contributed by atoms with E-state index in [0.717, 1.165) is 43.4 Å². The number of benzene rings is 1. The molecule has 1 aromatic rings. The third-order valence-electron chi connectivity index (χ3n) is 5.87. The van der Waals surface area contributed by atoms with Crippen LogP contribution in [0.15, 0.2) is 29.3 Å². The highest BCUT2D eigenvalue weighted by Crippen LogP contribution is 2.49. The first-order chi connectivity index (χ1) is 12.6. The van der Waals surface area contributed by atoms with Gasteiger partial charge in [-0.1, -0.05) is 18.2 Å². The highest BCUT2D eigenvalue weighted by molar-refractivity contribution is 14.0. The van der Waals surface area contributed by atoms with E-state index in [1.54, 1.807) is 12.1 Å². The summed E-state index contributed by atoms with van der Waals surface area (Å²) in [5, 5.41) is 6.81. The maximum Gasteiger partial charge on any atom is 0.191 e. The molecule has 27 heavy (non-hydrogen) atoms. The Morgan fingerprint density at radius 3 is 2.56 bits per heavy atom. The van der Waals surface area contributed by atoms with Gasteiger partial charge >= 0.3 is 0 Å². The number of piperidine rings is 1. The van der Waals surface area contributed by atoms with E-state index >= 15 is 0 Å². The lowest BCUT2D eigenvalue weighted by Gasteiger charge is -2.29. The average Bonchev–Trinajstić information content (AvgIpc) is 3.43. The Morgan fingerprint density at radius 1 is 1.22 bits per heavy atom. The average molecular weight is 488 g/mol. The molecule has 1 aliphatic carbocycles. The Balaban J connectivity index is 0.00000261. The van der Waals surface area contributed by atoms with Crippen molar-refractivity contribution in [1.82, 2.24) is 15.5 Å². The van der Waals surface area contributed by atoms with Gasteiger partial charge in [-0.2, -0.15) is 0 Å². The second kappa shape index (κ2) is 10.6. The highest BCUT2D eigenvalue weighted by atomic mass is 127. The zero-order chi connectivity index (χ0) is 18.4. The van der Waals surface area contributed by atoms with Crippen molar-refractivity contribution in [3.63, 3.8) is 0 Å². The molecule has 4 nitrogen and oxygen atoms in total. The topological polar surface area (TPSA) is 39.7 Å². The van der Waals surface area contributed by atoms with Gasteiger partial charge in [-0.05, 0) is 76.7 Å². The zero-order valence-corrected chi connectivity index (χ0v) is 19.0. The Kier molecular flexibility index (Phi) is 8.79. The van der Waals surface area contributed by atoms with Gasteiger partial charge in [-0.3, -0.25) is 4.99 Å². The number of nitrogens with zero attached hydrogens (tertiary/aromatic N) is 2. The minimum Gasteiger partial charge on any atom is -0.357 e. The van der Waals surface area contributed by atoms with Gasteiger partial charge in [0.15, 0.2) is 5.96 Å². The normalized spacial score (nSPS) is 20.0. The van der Waals surface area contributed by atoms with Crippen LogP contribution in [0, 0.1) is 11.7 Å². The highest BCUT2D eigenvalue weighted by Gasteiger charge is 2.45. The van der Waals surface area contributed by atoms with E-state index in [2.05, 4.69) is 29.5 Å². The van der Waals surface area contributed by atoms with Crippen LogP contribution in [-0.4, -0.2) is 50.6 Å². The standard InChI is InChI=1S/C21H33FN4.HI/c1-3-23-20(24-13-8-17-9-14-26(2)15-10-17)25-16-21(11-12-21)18-6-4-5-7-19(18)22;/h4-7,17H,3,8-16H2,1-2H3,(H2,23,24,25);1H. The lowest BCUT2D eigenvalue weighted by Crippen LogP contribution is -2.39. The number of hydrogen-bond acceptors (Lipinski definition) is 2. The van der Waals surface area contributed by atoms with E-state index in [1.165, 1.54) is 32.4 Å². The molecule has 6 heteroatoms. The van der Waals surface area contributed by atoms with Crippen LogP contribution in [0.4, 0.5) is 4.39 Å². The van der Waals surface area contributed by atoms with E-state index in [-0.39, 0.29) is 35.2 Å². The van der Waals surface area contributed by atoms with Crippen LogP contribution in [0.1, 0.15) is 44.6 Å². The fraction of sp³-hybridized carbons (Fsp3) is 0.667. The lowest BCUT2D eigenvalue weighted by molar-refractivity contribution is 0.213. The van der Waals surface area contributed by atoms with E-state index < -0.39 is 0 Å². The molecule has 0 atom stereocenters. The largest absolute Gasteiger partial charge is 0.357 e. The van der Waals surface area contributed by atoms with Crippen LogP contribution >= 0.6 is 24.0 Å². The molecule has 1 saturated carbocycles. The van der Waals surface area contributed by atoms with Gasteiger partial charge in [0.1, 0.15) is 5.82 Å². The molecule has 2 aliphatic rings. The van der Waals surface area contributed by atoms with Crippen LogP contribution in [0.5, 0.6) is 0 Å². The predicted octanol–water partition coefficient (Wildman–Crippen LogP) is 3.76. The number of rotatable bonds is 7. The number of hydrogen-bond donors (Lipinski definition) is 2. The van der Waals surface area contributed by atoms with Gasteiger partial charge in [0.25, 0.3) is 0 Å². The molecular formula is C21H34FIN4. The van der Waals surface area contributed by atoms with Crippen LogP contribution in [0.3, 0.4) is 0 Å². The van der Waals surface area contributed by atoms with Crippen molar-refractivity contribution >= 4 is 29.9 Å². The van der Waals surface area contributed by atoms with E-state index in [0.29, 0.717) is 6.54 Å². The van der Waals surface area contributed by atoms with E-state index in [4.69, 9.17) is 4.99 Å². The van der Waals surface area contributed by atoms with Gasteiger partial charge in [-0.15, -0.1) is 24.0 Å². The number of likely N-dealkylation sites (tertiary alicyclic amines) is 1. The molecule has 0 aromatic heterocycles. The van der Waals surface area contributed by atoms with Crippen LogP contribution in [0.25, 0.3) is 0 Å². The van der Waals surface area contributed by atoms with Crippen molar-refractivity contribution in [2.75, 3.05) is 39.8 Å². The van der Waals surface area contributed by atoms with E-state index in [9.17, 15) is 4.39 Å². The number of halogens is 2. The second-order valence-corrected chi connectivity index (χ2v) is 7.92. The molecule has 0 amide bonds. The summed E-state index contributed by atoms with van der Waals surface area (Å²) in [4.78, 5) is 7.19. The zero-order valence-electron chi connectivity index (χ0n) is 16.6. The van der Waals surface area contributed by atoms with Gasteiger partial charge in [0.2, 0.25) is 0 Å². The Morgan fingerprint density at radius 2 is 1.93 bits per heavy atom. The minimum atomic E-state index is -0.0968. The fourth-order valence-electron chi connectivity index (χ4n) is 3.87. The molecule has 2 N–H and O–H groups in total. The van der Waals surface area contributed by atoms with Crippen LogP contribution in [0.2, 0.25) is 0 Å². The summed E-state index contributed by atoms with van der Waals surface area (Å²) in [6, 6.07) is 7.16. The predicted molar refractivity (Wildman–Crippen MR) is 122 cm³/mol. The summed E-state index contributed by atoms with van der Waals surface area (Å²) in [6.07, 6.45) is 5.82. The van der Waals surface area contributed by atoms with Gasteiger partial charge in [0.05, 0.1) is 6.54 Å². The molecule has 1 heterocycles. The summed E-state index contributed by atoms with van der Waals surface area (Å²) in [5.41, 5.74) is 0.729. The fourth-order valence-corrected chi connectivity index (χ4v) is 3.87. The molecule has 1 aliphatic heterocycles. The third-order valence-corrected chi connectivity index (χ3v) is 5.87. The summed E-state index contributed by atoms with van der Waals surface area (Å²) in [6.45, 7) is 6.95. The molecular weight excluding hydrogens is 454 g/mol. The van der Waals surface area contributed by atoms with Crippen molar-refractivity contribution in [3.05, 3.63) is 35.6 Å². The number of guanidine groups is 1. The van der Waals surface area contributed by atoms with Gasteiger partial charge in [-0.25, -0.2) is 4.39 Å². The van der Waals surface area contributed by atoms with Gasteiger partial charge in [0, 0.05) is 18.5 Å². The maximum absolute atomic E-state index is 14.2. The monoisotopic (exact) mass is 488 g/mol. The van der Waals surface area contributed by atoms with Crippen molar-refractivity contribution in [1.29, 1.82) is 0 Å². The number of nitrogens with one attached hydrogen (secondary N) is 2. The Hall–Kier alpha value is -0.890. The first-order valence-electron chi connectivity index (χ1n) is 10.1. The van der Waals surface area contributed by atoms with Crippen LogP contribution in [-0.2, 0) is 5.41 Å². The summed E-state index contributed by atoms with van der Waals surface area (Å²) in [5.74, 6) is 1.58. The molecule has 0 bridgehead atoms. The molecule has 0 unspecified atom stereocenters. The summed E-state index contributed by atoms with van der Waals surface area (Å²) >= 11 is 0. The Bertz CT molecular complexity index is 610. The van der Waals surface area contributed by atoms with E-state index in [1.807, 2.05) is 12.1 Å². The quantitative estimate of drug-likeness (QED) is 0.349. The molecule has 152 valence electrons. The Labute approximate surface area is 180 Å². The first-order valence-corrected chi connectivity index (χ1v) is 10.1. The smallest absolute Gasteiger partial charge is 0.191 e. The van der Waals surface area contributed by atoms with Crippen molar-refractivity contribution in [2.45, 2.75) is 44.4 Å². The summed E-state index contributed by atoms with van der Waals surface area (Å²) in [7, 11) is 2.20. The maximum atomic E-state index is 14.2. The molecule has 2 fully saturated rings. The van der Waals surface area contributed by atoms with Crippen LogP contribution < -0.4 is 10.6 Å². The second-order valence-electron chi connectivity index (χ2n) is 7.92. The van der Waals surface area contributed by atoms with Gasteiger partial charge < -0.3 is 15.5 Å². The number of aliphatic imine (C=N–C) groups is 1. The minimum absolute atomic E-state index is 0. The molecule has 1 aromatic carbocycles.